The number of hydrogen-bond acceptors (Lipinski definition) is 10. The average molecular weight is 461 g/mol. The van der Waals surface area contributed by atoms with E-state index in [0.717, 1.165) is 30.9 Å². The smallest absolute Gasteiger partial charge is 0.284 e. The predicted molar refractivity (Wildman–Crippen MR) is 126 cm³/mol. The van der Waals surface area contributed by atoms with Gasteiger partial charge in [0.2, 0.25) is 24.2 Å². The minimum atomic E-state index is -0.317. The summed E-state index contributed by atoms with van der Waals surface area (Å²) in [6.45, 7) is 4.78. The van der Waals surface area contributed by atoms with Gasteiger partial charge in [-0.3, -0.25) is 14.5 Å². The third-order valence-corrected chi connectivity index (χ3v) is 4.26. The van der Waals surface area contributed by atoms with Crippen molar-refractivity contribution < 1.29 is 19.3 Å². The second kappa shape index (κ2) is 13.8. The van der Waals surface area contributed by atoms with E-state index in [4.69, 9.17) is 15.4 Å². The normalized spacial score (nSPS) is 10.5. The number of amides is 2. The molecule has 1 aromatic heterocycles. The molecule has 33 heavy (non-hydrogen) atoms. The van der Waals surface area contributed by atoms with Gasteiger partial charge in [-0.1, -0.05) is 31.9 Å². The van der Waals surface area contributed by atoms with Crippen LogP contribution in [0.2, 0.25) is 0 Å². The first-order valence-electron chi connectivity index (χ1n) is 10.9. The monoisotopic (exact) mass is 460 g/mol. The molecule has 0 atom stereocenters. The van der Waals surface area contributed by atoms with Crippen LogP contribution in [0.15, 0.2) is 24.3 Å². The van der Waals surface area contributed by atoms with Crippen molar-refractivity contribution in [2.24, 2.45) is 0 Å². The van der Waals surface area contributed by atoms with Crippen molar-refractivity contribution in [3.8, 4) is 0 Å². The maximum absolute atomic E-state index is 12.3. The van der Waals surface area contributed by atoms with E-state index in [9.17, 15) is 9.59 Å². The third-order valence-electron chi connectivity index (χ3n) is 4.26. The highest BCUT2D eigenvalue weighted by Gasteiger charge is 2.18. The number of hydrogen-bond donors (Lipinski definition) is 3. The van der Waals surface area contributed by atoms with Crippen molar-refractivity contribution >= 4 is 41.5 Å². The fraction of sp³-hybridized carbons (Fsp3) is 0.476. The lowest BCUT2D eigenvalue weighted by Gasteiger charge is -2.22. The van der Waals surface area contributed by atoms with Gasteiger partial charge in [-0.25, -0.2) is 9.68 Å². The Labute approximate surface area is 193 Å². The van der Waals surface area contributed by atoms with Crippen LogP contribution in [0.3, 0.4) is 0 Å². The van der Waals surface area contributed by atoms with Crippen LogP contribution < -0.4 is 26.5 Å². The Balaban J connectivity index is 2.16. The van der Waals surface area contributed by atoms with E-state index in [1.807, 2.05) is 13.8 Å². The zero-order chi connectivity index (χ0) is 24.1. The van der Waals surface area contributed by atoms with Gasteiger partial charge in [0, 0.05) is 18.4 Å². The van der Waals surface area contributed by atoms with E-state index in [-0.39, 0.29) is 30.3 Å². The van der Waals surface area contributed by atoms with Gasteiger partial charge in [0.15, 0.2) is 0 Å². The van der Waals surface area contributed by atoms with E-state index >= 15 is 0 Å². The number of aromatic nitrogens is 3. The Kier molecular flexibility index (Phi) is 10.8. The molecule has 1 heterocycles. The van der Waals surface area contributed by atoms with Crippen LogP contribution in [0.1, 0.15) is 39.5 Å². The molecule has 0 aliphatic carbocycles. The van der Waals surface area contributed by atoms with E-state index in [1.165, 1.54) is 11.9 Å². The van der Waals surface area contributed by atoms with E-state index in [1.54, 1.807) is 24.3 Å². The van der Waals surface area contributed by atoms with Crippen LogP contribution in [0.4, 0.5) is 29.2 Å². The summed E-state index contributed by atoms with van der Waals surface area (Å²) in [7, 11) is 1.50. The summed E-state index contributed by atoms with van der Waals surface area (Å²) in [5.74, 6) is -0.108. The molecule has 0 aliphatic rings. The van der Waals surface area contributed by atoms with E-state index in [2.05, 4.69) is 25.6 Å². The van der Waals surface area contributed by atoms with Crippen molar-refractivity contribution in [3.63, 3.8) is 0 Å². The van der Waals surface area contributed by atoms with Gasteiger partial charge in [0.25, 0.3) is 5.95 Å². The lowest BCUT2D eigenvalue weighted by atomic mass is 10.3. The number of benzene rings is 1. The summed E-state index contributed by atoms with van der Waals surface area (Å²) in [5, 5.41) is 6.72. The lowest BCUT2D eigenvalue weighted by Crippen LogP contribution is -2.30. The Hall–Kier alpha value is -3.51. The Morgan fingerprint density at radius 2 is 1.64 bits per heavy atom. The van der Waals surface area contributed by atoms with Gasteiger partial charge in [-0.05, 0) is 37.1 Å². The average Bonchev–Trinajstić information content (AvgIpc) is 2.82. The molecule has 0 saturated carbocycles. The van der Waals surface area contributed by atoms with Crippen molar-refractivity contribution in [3.05, 3.63) is 24.3 Å². The summed E-state index contributed by atoms with van der Waals surface area (Å²) < 4.78 is 0. The molecule has 0 aliphatic heterocycles. The second-order valence-corrected chi connectivity index (χ2v) is 7.13. The number of nitrogens with zero attached hydrogens (tertiary/aromatic N) is 5. The molecule has 1 aromatic carbocycles. The molecule has 2 aromatic rings. The van der Waals surface area contributed by atoms with Crippen LogP contribution >= 0.6 is 0 Å². The SMILES string of the molecule is CCCCON(OCCCC)c1nc(NCC(=O)Nc2ccc(N)cc2)nc(N(C)C=O)n1. The number of nitrogen functional groups attached to an aromatic ring is 1. The number of nitrogens with two attached hydrogens (primary N) is 1. The van der Waals surface area contributed by atoms with Gasteiger partial charge in [-0.15, -0.1) is 0 Å². The minimum Gasteiger partial charge on any atom is -0.399 e. The highest BCUT2D eigenvalue weighted by atomic mass is 16.9. The first-order chi connectivity index (χ1) is 16.0. The zero-order valence-corrected chi connectivity index (χ0v) is 19.3. The van der Waals surface area contributed by atoms with E-state index in [0.29, 0.717) is 31.0 Å². The quantitative estimate of drug-likeness (QED) is 0.156. The molecule has 0 bridgehead atoms. The lowest BCUT2D eigenvalue weighted by molar-refractivity contribution is -0.114. The van der Waals surface area contributed by atoms with Gasteiger partial charge in [-0.2, -0.15) is 15.0 Å². The van der Waals surface area contributed by atoms with Gasteiger partial charge < -0.3 is 16.4 Å². The highest BCUT2D eigenvalue weighted by molar-refractivity contribution is 5.93. The summed E-state index contributed by atoms with van der Waals surface area (Å²) in [6.07, 6.45) is 4.08. The minimum absolute atomic E-state index is 0.0577. The maximum atomic E-state index is 12.3. The van der Waals surface area contributed by atoms with Crippen LogP contribution in [-0.2, 0) is 19.3 Å². The number of carbonyl (C=O) groups excluding carboxylic acids is 2. The Morgan fingerprint density at radius 3 is 2.21 bits per heavy atom. The maximum Gasteiger partial charge on any atom is 0.284 e. The fourth-order valence-electron chi connectivity index (χ4n) is 2.39. The molecule has 4 N–H and O–H groups in total. The molecule has 2 rings (SSSR count). The Bertz CT molecular complexity index is 871. The number of anilines is 5. The molecule has 12 heteroatoms. The highest BCUT2D eigenvalue weighted by Crippen LogP contribution is 2.17. The van der Waals surface area contributed by atoms with Crippen LogP contribution in [0.25, 0.3) is 0 Å². The van der Waals surface area contributed by atoms with Gasteiger partial charge in [0.05, 0.1) is 19.8 Å². The molecule has 0 radical (unpaired) electrons. The number of carbonyl (C=O) groups is 2. The number of nitrogens with one attached hydrogen (secondary N) is 2. The molecular weight excluding hydrogens is 428 g/mol. The first kappa shape index (κ1) is 25.7. The van der Waals surface area contributed by atoms with Crippen LogP contribution in [0, 0.1) is 0 Å². The summed E-state index contributed by atoms with van der Waals surface area (Å²) in [6, 6.07) is 6.78. The molecule has 0 spiro atoms. The predicted octanol–water partition coefficient (Wildman–Crippen LogP) is 2.37. The standard InChI is InChI=1S/C21H32N8O4/c1-4-6-12-32-29(33-13-7-5-2)21-26-19(25-20(27-21)28(3)15-30)23-14-18(31)24-17-10-8-16(22)9-11-17/h8-11,15H,4-7,12-14,22H2,1-3H3,(H,24,31)(H,23,25,26,27). The molecular formula is C21H32N8O4. The molecule has 2 amide bonds. The van der Waals surface area contributed by atoms with E-state index < -0.39 is 0 Å². The second-order valence-electron chi connectivity index (χ2n) is 7.13. The van der Waals surface area contributed by atoms with Crippen molar-refractivity contribution in [1.29, 1.82) is 0 Å². The summed E-state index contributed by atoms with van der Waals surface area (Å²) >= 11 is 0. The first-order valence-corrected chi connectivity index (χ1v) is 10.9. The Morgan fingerprint density at radius 1 is 1.03 bits per heavy atom. The fourth-order valence-corrected chi connectivity index (χ4v) is 2.39. The molecule has 180 valence electrons. The van der Waals surface area contributed by atoms with Crippen LogP contribution in [-0.4, -0.2) is 54.1 Å². The summed E-state index contributed by atoms with van der Waals surface area (Å²) in [4.78, 5) is 48.9. The number of unbranched alkanes of at least 4 members (excludes halogenated alkanes) is 2. The molecule has 0 saturated heterocycles. The molecule has 12 nitrogen and oxygen atoms in total. The topological polar surface area (TPSA) is 148 Å². The van der Waals surface area contributed by atoms with Gasteiger partial charge >= 0.3 is 0 Å². The zero-order valence-electron chi connectivity index (χ0n) is 19.3. The third kappa shape index (κ3) is 8.86. The van der Waals surface area contributed by atoms with Crippen molar-refractivity contribution in [2.75, 3.05) is 53.3 Å². The van der Waals surface area contributed by atoms with Gasteiger partial charge in [0.1, 0.15) is 0 Å². The summed E-state index contributed by atoms with van der Waals surface area (Å²) in [5.41, 5.74) is 6.86. The number of rotatable bonds is 15. The van der Waals surface area contributed by atoms with Crippen molar-refractivity contribution in [2.45, 2.75) is 39.5 Å². The largest absolute Gasteiger partial charge is 0.399 e. The van der Waals surface area contributed by atoms with Crippen LogP contribution in [0.5, 0.6) is 0 Å². The molecule has 0 unspecified atom stereocenters. The molecule has 0 fully saturated rings. The van der Waals surface area contributed by atoms with Crippen molar-refractivity contribution in [1.82, 2.24) is 15.0 Å².